The Kier molecular flexibility index (Phi) is 4.29. The normalized spacial score (nSPS) is 15.9. The zero-order chi connectivity index (χ0) is 14.8. The van der Waals surface area contributed by atoms with Crippen molar-refractivity contribution < 1.29 is 27.8 Å². The number of nitrogens with zero attached hydrogens (tertiary/aromatic N) is 1. The summed E-state index contributed by atoms with van der Waals surface area (Å²) < 4.78 is 39.4. The Morgan fingerprint density at radius 1 is 1.40 bits per heavy atom. The van der Waals surface area contributed by atoms with E-state index in [1.807, 2.05) is 4.90 Å². The molecule has 0 amide bonds. The lowest BCUT2D eigenvalue weighted by Gasteiger charge is -2.29. The molecule has 110 valence electrons. The maximum Gasteiger partial charge on any atom is 0.522 e. The van der Waals surface area contributed by atoms with Crippen LogP contribution in [0.2, 0.25) is 0 Å². The van der Waals surface area contributed by atoms with Gasteiger partial charge < -0.3 is 5.11 Å². The van der Waals surface area contributed by atoms with Crippen molar-refractivity contribution in [2.75, 3.05) is 19.7 Å². The van der Waals surface area contributed by atoms with Crippen LogP contribution in [0.4, 0.5) is 13.2 Å². The molecule has 1 aliphatic rings. The highest BCUT2D eigenvalue weighted by Gasteiger charge is 2.29. The maximum atomic E-state index is 11.9. The molecule has 1 aromatic carbocycles. The van der Waals surface area contributed by atoms with Crippen LogP contribution in [-0.4, -0.2) is 42.0 Å². The third-order valence-corrected chi connectivity index (χ3v) is 3.25. The van der Waals surface area contributed by atoms with Gasteiger partial charge in [0.15, 0.2) is 0 Å². The Morgan fingerprint density at radius 3 is 2.80 bits per heavy atom. The van der Waals surface area contributed by atoms with Crippen LogP contribution in [0.15, 0.2) is 18.2 Å². The first-order chi connectivity index (χ1) is 9.37. The van der Waals surface area contributed by atoms with Crippen molar-refractivity contribution in [3.8, 4) is 0 Å². The van der Waals surface area contributed by atoms with E-state index in [0.29, 0.717) is 19.5 Å². The number of carbonyl (C=O) groups is 1. The van der Waals surface area contributed by atoms with Crippen LogP contribution >= 0.6 is 0 Å². The van der Waals surface area contributed by atoms with E-state index >= 15 is 0 Å². The van der Waals surface area contributed by atoms with Crippen molar-refractivity contribution in [3.63, 3.8) is 0 Å². The lowest BCUT2D eigenvalue weighted by molar-refractivity contribution is -0.325. The van der Waals surface area contributed by atoms with E-state index in [9.17, 15) is 18.0 Å². The summed E-state index contributed by atoms with van der Waals surface area (Å²) in [6.07, 6.45) is -4.09. The third-order valence-electron chi connectivity index (χ3n) is 3.25. The average Bonchev–Trinajstić information content (AvgIpc) is 2.36. The second-order valence-electron chi connectivity index (χ2n) is 4.57. The maximum absolute atomic E-state index is 11.9. The van der Waals surface area contributed by atoms with E-state index in [2.05, 4.69) is 4.74 Å². The van der Waals surface area contributed by atoms with Gasteiger partial charge in [0.2, 0.25) is 0 Å². The summed E-state index contributed by atoms with van der Waals surface area (Å²) in [5.74, 6) is -0.976. The van der Waals surface area contributed by atoms with Gasteiger partial charge in [-0.15, -0.1) is 13.2 Å². The van der Waals surface area contributed by atoms with E-state index in [-0.39, 0.29) is 12.1 Å². The Morgan fingerprint density at radius 2 is 2.15 bits per heavy atom. The Balaban J connectivity index is 1.98. The van der Waals surface area contributed by atoms with Gasteiger partial charge in [-0.2, -0.15) is 0 Å². The second-order valence-corrected chi connectivity index (χ2v) is 4.57. The molecule has 7 heteroatoms. The SMILES string of the molecule is O=C(O)c1cccc2c1CCN(CCOC(F)(F)F)C2. The monoisotopic (exact) mass is 289 g/mol. The molecule has 0 saturated carbocycles. The van der Waals surface area contributed by atoms with E-state index in [1.165, 1.54) is 0 Å². The summed E-state index contributed by atoms with van der Waals surface area (Å²) in [5, 5.41) is 9.08. The van der Waals surface area contributed by atoms with Gasteiger partial charge in [0.25, 0.3) is 0 Å². The summed E-state index contributed by atoms with van der Waals surface area (Å²) >= 11 is 0. The van der Waals surface area contributed by atoms with Crippen molar-refractivity contribution in [2.24, 2.45) is 0 Å². The van der Waals surface area contributed by atoms with Crippen LogP contribution in [-0.2, 0) is 17.7 Å². The first-order valence-corrected chi connectivity index (χ1v) is 6.14. The summed E-state index contributed by atoms with van der Waals surface area (Å²) in [6, 6.07) is 5.00. The lowest BCUT2D eigenvalue weighted by Crippen LogP contribution is -2.35. The molecule has 1 aliphatic heterocycles. The fourth-order valence-electron chi connectivity index (χ4n) is 2.35. The zero-order valence-corrected chi connectivity index (χ0v) is 10.6. The molecule has 1 aromatic rings. The highest BCUT2D eigenvalue weighted by atomic mass is 19.4. The first kappa shape index (κ1) is 14.8. The van der Waals surface area contributed by atoms with Crippen molar-refractivity contribution in [1.82, 2.24) is 4.90 Å². The number of hydrogen-bond acceptors (Lipinski definition) is 3. The minimum Gasteiger partial charge on any atom is -0.478 e. The minimum absolute atomic E-state index is 0.163. The van der Waals surface area contributed by atoms with Crippen LogP contribution in [0.25, 0.3) is 0 Å². The van der Waals surface area contributed by atoms with Crippen molar-refractivity contribution in [1.29, 1.82) is 0 Å². The quantitative estimate of drug-likeness (QED) is 0.924. The second kappa shape index (κ2) is 5.80. The largest absolute Gasteiger partial charge is 0.522 e. The molecule has 1 heterocycles. The number of ether oxygens (including phenoxy) is 1. The number of benzene rings is 1. The predicted molar refractivity (Wildman–Crippen MR) is 64.4 cm³/mol. The summed E-state index contributed by atoms with van der Waals surface area (Å²) in [7, 11) is 0. The summed E-state index contributed by atoms with van der Waals surface area (Å²) in [4.78, 5) is 12.9. The molecule has 0 aliphatic carbocycles. The summed E-state index contributed by atoms with van der Waals surface area (Å²) in [6.45, 7) is 0.712. The van der Waals surface area contributed by atoms with Gasteiger partial charge in [-0.3, -0.25) is 9.64 Å². The predicted octanol–water partition coefficient (Wildman–Crippen LogP) is 2.28. The van der Waals surface area contributed by atoms with Gasteiger partial charge in [-0.05, 0) is 23.6 Å². The molecular weight excluding hydrogens is 275 g/mol. The zero-order valence-electron chi connectivity index (χ0n) is 10.6. The van der Waals surface area contributed by atoms with Crippen molar-refractivity contribution in [2.45, 2.75) is 19.3 Å². The molecule has 0 radical (unpaired) electrons. The molecule has 1 N–H and O–H groups in total. The Bertz CT molecular complexity index is 502. The standard InChI is InChI=1S/C13H14F3NO3/c14-13(15,16)20-7-6-17-5-4-10-9(8-17)2-1-3-11(10)12(18)19/h1-3H,4-8H2,(H,18,19). The van der Waals surface area contributed by atoms with E-state index < -0.39 is 18.9 Å². The van der Waals surface area contributed by atoms with Crippen LogP contribution in [0, 0.1) is 0 Å². The van der Waals surface area contributed by atoms with Gasteiger partial charge in [0.1, 0.15) is 0 Å². The van der Waals surface area contributed by atoms with Gasteiger partial charge in [0, 0.05) is 19.6 Å². The van der Waals surface area contributed by atoms with Crippen molar-refractivity contribution >= 4 is 5.97 Å². The highest BCUT2D eigenvalue weighted by Crippen LogP contribution is 2.23. The van der Waals surface area contributed by atoms with Crippen molar-refractivity contribution in [3.05, 3.63) is 34.9 Å². The third kappa shape index (κ3) is 3.71. The fourth-order valence-corrected chi connectivity index (χ4v) is 2.35. The molecule has 0 fully saturated rings. The van der Waals surface area contributed by atoms with E-state index in [0.717, 1.165) is 11.1 Å². The molecular formula is C13H14F3NO3. The summed E-state index contributed by atoms with van der Waals surface area (Å²) in [5.41, 5.74) is 1.89. The number of rotatable bonds is 4. The number of carboxylic acid groups (broad SMARTS) is 1. The van der Waals surface area contributed by atoms with E-state index in [4.69, 9.17) is 5.11 Å². The fraction of sp³-hybridized carbons (Fsp3) is 0.462. The molecule has 20 heavy (non-hydrogen) atoms. The number of alkyl halides is 3. The highest BCUT2D eigenvalue weighted by molar-refractivity contribution is 5.89. The van der Waals surface area contributed by atoms with Crippen LogP contribution in [0.3, 0.4) is 0 Å². The number of carboxylic acids is 1. The number of halogens is 3. The topological polar surface area (TPSA) is 49.8 Å². The molecule has 0 unspecified atom stereocenters. The lowest BCUT2D eigenvalue weighted by atomic mass is 9.94. The van der Waals surface area contributed by atoms with Crippen LogP contribution in [0.1, 0.15) is 21.5 Å². The molecule has 0 atom stereocenters. The molecule has 2 rings (SSSR count). The Hall–Kier alpha value is -1.60. The van der Waals surface area contributed by atoms with Gasteiger partial charge >= 0.3 is 12.3 Å². The average molecular weight is 289 g/mol. The van der Waals surface area contributed by atoms with Gasteiger partial charge in [0.05, 0.1) is 12.2 Å². The van der Waals surface area contributed by atoms with E-state index in [1.54, 1.807) is 18.2 Å². The van der Waals surface area contributed by atoms with Gasteiger partial charge in [-0.25, -0.2) is 4.79 Å². The van der Waals surface area contributed by atoms with Gasteiger partial charge in [-0.1, -0.05) is 12.1 Å². The number of fused-ring (bicyclic) bond motifs is 1. The first-order valence-electron chi connectivity index (χ1n) is 6.14. The van der Waals surface area contributed by atoms with Crippen LogP contribution < -0.4 is 0 Å². The number of aromatic carboxylic acids is 1. The minimum atomic E-state index is -4.61. The number of hydrogen-bond donors (Lipinski definition) is 1. The Labute approximate surface area is 113 Å². The molecule has 0 aromatic heterocycles. The van der Waals surface area contributed by atoms with Crippen LogP contribution in [0.5, 0.6) is 0 Å². The molecule has 4 nitrogen and oxygen atoms in total. The molecule has 0 bridgehead atoms. The molecule has 0 saturated heterocycles. The smallest absolute Gasteiger partial charge is 0.478 e. The molecule has 0 spiro atoms.